The number of amides is 5. The summed E-state index contributed by atoms with van der Waals surface area (Å²) in [7, 11) is 0. The number of nitrogens with one attached hydrogen (secondary N) is 5. The minimum atomic E-state index is -1.50. The van der Waals surface area contributed by atoms with E-state index in [0.29, 0.717) is 12.2 Å². The maximum Gasteiger partial charge on any atom is 0.305 e. The maximum atomic E-state index is 13.1. The first-order valence-electron chi connectivity index (χ1n) is 12.1. The van der Waals surface area contributed by atoms with Crippen LogP contribution < -0.4 is 38.1 Å². The van der Waals surface area contributed by atoms with E-state index >= 15 is 0 Å². The van der Waals surface area contributed by atoms with Crippen molar-refractivity contribution in [2.75, 3.05) is 25.1 Å². The number of carbonyl (C=O) groups is 6. The van der Waals surface area contributed by atoms with Gasteiger partial charge >= 0.3 is 5.97 Å². The van der Waals surface area contributed by atoms with E-state index < -0.39 is 72.6 Å². The monoisotopic (exact) mass is 558 g/mol. The van der Waals surface area contributed by atoms with Crippen molar-refractivity contribution in [1.82, 2.24) is 26.6 Å². The quantitative estimate of drug-likeness (QED) is 0.0766. The minimum Gasteiger partial charge on any atom is -0.481 e. The Balaban J connectivity index is 3.33. The summed E-state index contributed by atoms with van der Waals surface area (Å²) >= 11 is 1.42. The van der Waals surface area contributed by atoms with Crippen molar-refractivity contribution in [3.05, 3.63) is 0 Å². The van der Waals surface area contributed by atoms with E-state index in [1.807, 2.05) is 0 Å². The highest BCUT2D eigenvalue weighted by atomic mass is 32.2. The number of carboxylic acids is 1. The van der Waals surface area contributed by atoms with Gasteiger partial charge in [0.2, 0.25) is 29.5 Å². The van der Waals surface area contributed by atoms with E-state index in [-0.39, 0.29) is 31.3 Å². The molecule has 0 saturated carbocycles. The molecule has 15 nitrogen and oxygen atoms in total. The molecule has 0 spiro atoms. The average Bonchev–Trinajstić information content (AvgIpc) is 2.83. The second-order valence-corrected chi connectivity index (χ2v) is 10.0. The molecule has 1 heterocycles. The number of nitrogens with zero attached hydrogens (tertiary/aromatic N) is 1. The topological polar surface area (TPSA) is 247 Å². The summed E-state index contributed by atoms with van der Waals surface area (Å²) in [5, 5.41) is 21.6. The number of thioether (sulfide) groups is 1. The van der Waals surface area contributed by atoms with Crippen molar-refractivity contribution in [2.24, 2.45) is 22.4 Å². The Morgan fingerprint density at radius 2 is 1.55 bits per heavy atom. The molecule has 0 unspecified atom stereocenters. The van der Waals surface area contributed by atoms with Crippen LogP contribution in [0.4, 0.5) is 0 Å². The van der Waals surface area contributed by atoms with Gasteiger partial charge in [-0.1, -0.05) is 13.8 Å². The van der Waals surface area contributed by atoms with E-state index in [1.165, 1.54) is 11.8 Å². The molecule has 1 aliphatic heterocycles. The van der Waals surface area contributed by atoms with Gasteiger partial charge in [0.15, 0.2) is 5.96 Å². The van der Waals surface area contributed by atoms with E-state index in [4.69, 9.17) is 11.5 Å². The molecule has 1 rings (SSSR count). The summed E-state index contributed by atoms with van der Waals surface area (Å²) < 4.78 is 0. The number of guanidine groups is 1. The van der Waals surface area contributed by atoms with Crippen LogP contribution in [-0.4, -0.2) is 95.8 Å². The molecule has 0 bridgehead atoms. The Morgan fingerprint density at radius 1 is 0.947 bits per heavy atom. The Kier molecular flexibility index (Phi) is 13.9. The van der Waals surface area contributed by atoms with Gasteiger partial charge in [-0.25, -0.2) is 0 Å². The Morgan fingerprint density at radius 3 is 2.13 bits per heavy atom. The van der Waals surface area contributed by atoms with E-state index in [2.05, 4.69) is 31.6 Å². The summed E-state index contributed by atoms with van der Waals surface area (Å²) in [4.78, 5) is 79.6. The van der Waals surface area contributed by atoms with Crippen molar-refractivity contribution in [3.63, 3.8) is 0 Å². The van der Waals surface area contributed by atoms with Crippen molar-refractivity contribution >= 4 is 53.2 Å². The van der Waals surface area contributed by atoms with Crippen LogP contribution in [0.1, 0.15) is 39.5 Å². The van der Waals surface area contributed by atoms with Crippen LogP contribution in [-0.2, 0) is 28.8 Å². The van der Waals surface area contributed by atoms with E-state index in [0.717, 1.165) is 0 Å². The molecule has 1 saturated heterocycles. The fourth-order valence-electron chi connectivity index (χ4n) is 3.52. The van der Waals surface area contributed by atoms with Gasteiger partial charge in [-0.15, -0.1) is 0 Å². The lowest BCUT2D eigenvalue weighted by molar-refractivity contribution is -0.141. The normalized spacial score (nSPS) is 23.6. The van der Waals surface area contributed by atoms with Gasteiger partial charge in [0.1, 0.15) is 24.2 Å². The smallest absolute Gasteiger partial charge is 0.305 e. The lowest BCUT2D eigenvalue weighted by Gasteiger charge is -2.27. The fraction of sp³-hybridized carbons (Fsp3) is 0.682. The van der Waals surface area contributed by atoms with Crippen molar-refractivity contribution in [2.45, 2.75) is 63.7 Å². The number of hydrogen-bond acceptors (Lipinski definition) is 8. The zero-order chi connectivity index (χ0) is 28.8. The van der Waals surface area contributed by atoms with Gasteiger partial charge in [0.05, 0.1) is 13.0 Å². The first kappa shape index (κ1) is 32.5. The maximum absolute atomic E-state index is 13.1. The van der Waals surface area contributed by atoms with Crippen molar-refractivity contribution in [1.29, 1.82) is 0 Å². The third kappa shape index (κ3) is 11.7. The fourth-order valence-corrected chi connectivity index (χ4v) is 3.99. The molecule has 0 aromatic heterocycles. The second kappa shape index (κ2) is 16.3. The van der Waals surface area contributed by atoms with Crippen LogP contribution in [0.2, 0.25) is 0 Å². The van der Waals surface area contributed by atoms with Crippen LogP contribution in [0.3, 0.4) is 0 Å². The predicted molar refractivity (Wildman–Crippen MR) is 141 cm³/mol. The predicted octanol–water partition coefficient (Wildman–Crippen LogP) is -3.01. The van der Waals surface area contributed by atoms with Gasteiger partial charge in [0.25, 0.3) is 0 Å². The molecule has 214 valence electrons. The molecule has 0 aromatic carbocycles. The lowest BCUT2D eigenvalue weighted by atomic mass is 10.0. The highest BCUT2D eigenvalue weighted by Gasteiger charge is 2.33. The lowest BCUT2D eigenvalue weighted by Crippen LogP contribution is -2.59. The third-order valence-corrected chi connectivity index (χ3v) is 6.17. The van der Waals surface area contributed by atoms with E-state index in [9.17, 15) is 33.9 Å². The SMILES string of the molecule is CSCC[C@@H]1NC(=O)[C@H](CC(=O)O)NC(=O)CNC(=O)[C@H](CCCN=C(N)N)NC(=O)[C@H](C(C)C)NC1=O. The Bertz CT molecular complexity index is 910. The first-order valence-corrected chi connectivity index (χ1v) is 13.5. The molecular formula is C22H38N8O7S. The Labute approximate surface area is 225 Å². The van der Waals surface area contributed by atoms with Gasteiger partial charge < -0.3 is 43.2 Å². The molecule has 16 heteroatoms. The molecular weight excluding hydrogens is 520 g/mol. The van der Waals surface area contributed by atoms with Crippen LogP contribution in [0, 0.1) is 5.92 Å². The first-order chi connectivity index (χ1) is 17.8. The molecule has 1 fully saturated rings. The van der Waals surface area contributed by atoms with Crippen LogP contribution in [0.5, 0.6) is 0 Å². The van der Waals surface area contributed by atoms with Gasteiger partial charge in [-0.3, -0.25) is 33.8 Å². The summed E-state index contributed by atoms with van der Waals surface area (Å²) in [6, 6.07) is -4.74. The molecule has 0 aliphatic carbocycles. The van der Waals surface area contributed by atoms with Gasteiger partial charge in [-0.05, 0) is 37.2 Å². The number of hydrogen-bond donors (Lipinski definition) is 8. The van der Waals surface area contributed by atoms with Crippen molar-refractivity contribution in [3.8, 4) is 0 Å². The standard InChI is InChI=1S/C22H38N8O7S/c1-11(2)17-21(37)29-12(5-4-7-25-22(23)24)18(34)26-10-15(31)27-14(9-16(32)33)20(36)28-13(6-8-38-3)19(35)30-17/h11-14,17H,4-10H2,1-3H3,(H,26,34)(H,27,31)(H,28,36)(H,29,37)(H,30,35)(H,32,33)(H4,23,24,25)/t12-,13-,14-,17-/m0/s1. The van der Waals surface area contributed by atoms with Crippen LogP contribution in [0.15, 0.2) is 4.99 Å². The highest BCUT2D eigenvalue weighted by Crippen LogP contribution is 2.09. The summed E-state index contributed by atoms with van der Waals surface area (Å²) in [5.41, 5.74) is 10.6. The number of aliphatic carboxylic acids is 1. The minimum absolute atomic E-state index is 0.118. The molecule has 0 radical (unpaired) electrons. The average molecular weight is 559 g/mol. The molecule has 10 N–H and O–H groups in total. The number of rotatable bonds is 10. The molecule has 5 amide bonds. The zero-order valence-electron chi connectivity index (χ0n) is 21.7. The van der Waals surface area contributed by atoms with Crippen LogP contribution in [0.25, 0.3) is 0 Å². The summed E-state index contributed by atoms with van der Waals surface area (Å²) in [6.45, 7) is 3.01. The number of carbonyl (C=O) groups excluding carboxylic acids is 5. The van der Waals surface area contributed by atoms with E-state index in [1.54, 1.807) is 20.1 Å². The Hall–Kier alpha value is -3.56. The number of nitrogens with two attached hydrogens (primary N) is 2. The van der Waals surface area contributed by atoms with Crippen LogP contribution >= 0.6 is 11.8 Å². The summed E-state index contributed by atoms with van der Waals surface area (Å²) in [6.07, 6.45) is 1.68. The largest absolute Gasteiger partial charge is 0.481 e. The molecule has 4 atom stereocenters. The third-order valence-electron chi connectivity index (χ3n) is 5.52. The molecule has 38 heavy (non-hydrogen) atoms. The van der Waals surface area contributed by atoms with Gasteiger partial charge in [0, 0.05) is 6.54 Å². The number of aliphatic imine (C=N–C) groups is 1. The molecule has 1 aliphatic rings. The zero-order valence-corrected chi connectivity index (χ0v) is 22.6. The number of carboxylic acid groups (broad SMARTS) is 1. The molecule has 0 aromatic rings. The highest BCUT2D eigenvalue weighted by molar-refractivity contribution is 7.98. The van der Waals surface area contributed by atoms with Crippen molar-refractivity contribution < 1.29 is 33.9 Å². The second-order valence-electron chi connectivity index (χ2n) is 9.02. The van der Waals surface area contributed by atoms with Gasteiger partial charge in [-0.2, -0.15) is 11.8 Å². The summed E-state index contributed by atoms with van der Waals surface area (Å²) in [5.74, 6) is -5.10.